The van der Waals surface area contributed by atoms with Crippen LogP contribution in [0.3, 0.4) is 0 Å². The molecular formula is C11H6Br2F7NO. The van der Waals surface area contributed by atoms with Gasteiger partial charge < -0.3 is 5.32 Å². The van der Waals surface area contributed by atoms with Crippen molar-refractivity contribution in [2.45, 2.75) is 24.9 Å². The molecular weight excluding hydrogens is 455 g/mol. The molecule has 0 bridgehead atoms. The lowest BCUT2D eigenvalue weighted by Gasteiger charge is -2.30. The highest BCUT2D eigenvalue weighted by molar-refractivity contribution is 9.11. The van der Waals surface area contributed by atoms with Crippen molar-refractivity contribution in [3.05, 3.63) is 26.6 Å². The zero-order valence-corrected chi connectivity index (χ0v) is 13.6. The molecule has 22 heavy (non-hydrogen) atoms. The SMILES string of the molecule is CC(=O)Nc1c(Br)cc(C(F)(C(F)(F)F)C(F)(F)F)cc1Br. The summed E-state index contributed by atoms with van der Waals surface area (Å²) in [5.74, 6) is -0.618. The van der Waals surface area contributed by atoms with Gasteiger partial charge in [-0.2, -0.15) is 26.3 Å². The number of rotatable bonds is 2. The van der Waals surface area contributed by atoms with Gasteiger partial charge in [0.05, 0.1) is 5.69 Å². The number of anilines is 1. The minimum absolute atomic E-state index is 0.122. The number of nitrogens with one attached hydrogen (secondary N) is 1. The van der Waals surface area contributed by atoms with E-state index in [2.05, 4.69) is 37.2 Å². The summed E-state index contributed by atoms with van der Waals surface area (Å²) in [6.45, 7) is 1.08. The Bertz CT molecular complexity index is 560. The molecule has 1 N–H and O–H groups in total. The topological polar surface area (TPSA) is 29.1 Å². The van der Waals surface area contributed by atoms with E-state index in [0.29, 0.717) is 12.1 Å². The van der Waals surface area contributed by atoms with Gasteiger partial charge >= 0.3 is 18.0 Å². The summed E-state index contributed by atoms with van der Waals surface area (Å²) >= 11 is 5.41. The summed E-state index contributed by atoms with van der Waals surface area (Å²) in [5, 5.41) is 2.18. The molecule has 0 saturated heterocycles. The summed E-state index contributed by atoms with van der Waals surface area (Å²) in [6.07, 6.45) is -12.4. The Labute approximate surface area is 136 Å². The monoisotopic (exact) mass is 459 g/mol. The lowest BCUT2D eigenvalue weighted by atomic mass is 9.94. The van der Waals surface area contributed by atoms with Gasteiger partial charge in [0.2, 0.25) is 5.91 Å². The van der Waals surface area contributed by atoms with E-state index >= 15 is 0 Å². The second kappa shape index (κ2) is 5.99. The van der Waals surface area contributed by atoms with Crippen LogP contribution < -0.4 is 5.32 Å². The van der Waals surface area contributed by atoms with Crippen molar-refractivity contribution >= 4 is 43.5 Å². The normalized spacial score (nSPS) is 13.2. The quantitative estimate of drug-likeness (QED) is 0.583. The van der Waals surface area contributed by atoms with E-state index < -0.39 is 29.5 Å². The average Bonchev–Trinajstić information content (AvgIpc) is 2.29. The lowest BCUT2D eigenvalue weighted by Crippen LogP contribution is -2.50. The molecule has 0 fully saturated rings. The minimum Gasteiger partial charge on any atom is -0.324 e. The maximum absolute atomic E-state index is 13.9. The van der Waals surface area contributed by atoms with E-state index in [1.165, 1.54) is 0 Å². The molecule has 0 aliphatic heterocycles. The summed E-state index contributed by atoms with van der Waals surface area (Å²) in [6, 6.07) is 0.633. The Balaban J connectivity index is 3.58. The van der Waals surface area contributed by atoms with E-state index in [1.807, 2.05) is 0 Å². The molecule has 0 unspecified atom stereocenters. The summed E-state index contributed by atoms with van der Waals surface area (Å²) < 4.78 is 89.2. The van der Waals surface area contributed by atoms with Crippen molar-refractivity contribution in [2.24, 2.45) is 0 Å². The number of hydrogen-bond donors (Lipinski definition) is 1. The largest absolute Gasteiger partial charge is 0.435 e. The third-order valence-corrected chi connectivity index (χ3v) is 3.77. The number of amides is 1. The van der Waals surface area contributed by atoms with Gasteiger partial charge in [-0.3, -0.25) is 4.79 Å². The van der Waals surface area contributed by atoms with Crippen molar-refractivity contribution < 1.29 is 35.5 Å². The van der Waals surface area contributed by atoms with Crippen LogP contribution in [0.1, 0.15) is 12.5 Å². The second-order valence-corrected chi connectivity index (χ2v) is 5.86. The lowest BCUT2D eigenvalue weighted by molar-refractivity contribution is -0.348. The molecule has 1 aromatic rings. The summed E-state index contributed by atoms with van der Waals surface area (Å²) in [4.78, 5) is 10.9. The van der Waals surface area contributed by atoms with E-state index in [-0.39, 0.29) is 14.6 Å². The standard InChI is InChI=1S/C11H6Br2F7NO/c1-4(22)21-8-6(12)2-5(3-7(8)13)9(14,10(15,16)17)11(18,19)20/h2-3H,1H3,(H,21,22). The maximum Gasteiger partial charge on any atom is 0.435 e. The van der Waals surface area contributed by atoms with E-state index in [9.17, 15) is 35.5 Å². The molecule has 124 valence electrons. The molecule has 0 radical (unpaired) electrons. The first-order chi connectivity index (χ1) is 9.71. The Morgan fingerprint density at radius 1 is 0.955 bits per heavy atom. The molecule has 0 atom stereocenters. The van der Waals surface area contributed by atoms with Crippen LogP contribution in [0.25, 0.3) is 0 Å². The number of hydrogen-bond acceptors (Lipinski definition) is 1. The van der Waals surface area contributed by atoms with Crippen LogP contribution in [0.2, 0.25) is 0 Å². The van der Waals surface area contributed by atoms with Gasteiger partial charge in [-0.15, -0.1) is 0 Å². The van der Waals surface area contributed by atoms with Crippen molar-refractivity contribution in [3.8, 4) is 0 Å². The molecule has 1 aromatic carbocycles. The van der Waals surface area contributed by atoms with Gasteiger partial charge in [0.15, 0.2) is 0 Å². The third-order valence-electron chi connectivity index (χ3n) is 2.52. The fourth-order valence-electron chi connectivity index (χ4n) is 1.56. The summed E-state index contributed by atoms with van der Waals surface area (Å²) in [7, 11) is 0. The highest BCUT2D eigenvalue weighted by atomic mass is 79.9. The molecule has 11 heteroatoms. The highest BCUT2D eigenvalue weighted by Crippen LogP contribution is 2.54. The molecule has 2 nitrogen and oxygen atoms in total. The van der Waals surface area contributed by atoms with Crippen LogP contribution in [-0.4, -0.2) is 18.3 Å². The molecule has 0 spiro atoms. The molecule has 0 aliphatic rings. The fourth-order valence-corrected chi connectivity index (χ4v) is 2.94. The first kappa shape index (κ1) is 19.2. The Morgan fingerprint density at radius 3 is 1.59 bits per heavy atom. The van der Waals surface area contributed by atoms with Crippen LogP contribution >= 0.6 is 31.9 Å². The van der Waals surface area contributed by atoms with Gasteiger partial charge in [-0.25, -0.2) is 4.39 Å². The van der Waals surface area contributed by atoms with Gasteiger partial charge in [-0.05, 0) is 44.0 Å². The molecule has 0 aromatic heterocycles. The first-order valence-electron chi connectivity index (χ1n) is 5.31. The Hall–Kier alpha value is -0.840. The minimum atomic E-state index is -6.21. The molecule has 1 rings (SSSR count). The first-order valence-corrected chi connectivity index (χ1v) is 6.90. The van der Waals surface area contributed by atoms with Crippen LogP contribution in [-0.2, 0) is 10.5 Å². The smallest absolute Gasteiger partial charge is 0.324 e. The number of carbonyl (C=O) groups is 1. The van der Waals surface area contributed by atoms with E-state index in [1.54, 1.807) is 0 Å². The predicted octanol–water partition coefficient (Wildman–Crippen LogP) is 5.46. The van der Waals surface area contributed by atoms with Crippen LogP contribution in [0.5, 0.6) is 0 Å². The fraction of sp³-hybridized carbons (Fsp3) is 0.364. The molecule has 1 amide bonds. The van der Waals surface area contributed by atoms with Crippen LogP contribution in [0.15, 0.2) is 21.1 Å². The zero-order valence-electron chi connectivity index (χ0n) is 10.5. The van der Waals surface area contributed by atoms with Gasteiger partial charge in [0, 0.05) is 21.4 Å². The highest BCUT2D eigenvalue weighted by Gasteiger charge is 2.73. The van der Waals surface area contributed by atoms with Crippen molar-refractivity contribution in [3.63, 3.8) is 0 Å². The second-order valence-electron chi connectivity index (χ2n) is 4.15. The number of halogens is 9. The third kappa shape index (κ3) is 3.39. The summed E-state index contributed by atoms with van der Waals surface area (Å²) in [5.41, 5.74) is -7.33. The van der Waals surface area contributed by atoms with Gasteiger partial charge in [-0.1, -0.05) is 0 Å². The average molecular weight is 461 g/mol. The van der Waals surface area contributed by atoms with Crippen LogP contribution in [0.4, 0.5) is 36.4 Å². The maximum atomic E-state index is 13.9. The van der Waals surface area contributed by atoms with Crippen molar-refractivity contribution in [1.29, 1.82) is 0 Å². The van der Waals surface area contributed by atoms with Crippen molar-refractivity contribution in [2.75, 3.05) is 5.32 Å². The Morgan fingerprint density at radius 2 is 1.32 bits per heavy atom. The van der Waals surface area contributed by atoms with Crippen molar-refractivity contribution in [1.82, 2.24) is 0 Å². The Kier molecular flexibility index (Phi) is 5.23. The molecule has 0 saturated carbocycles. The van der Waals surface area contributed by atoms with Crippen LogP contribution in [0, 0.1) is 0 Å². The number of carbonyl (C=O) groups excluding carboxylic acids is 1. The zero-order chi connectivity index (χ0) is 17.5. The predicted molar refractivity (Wildman–Crippen MR) is 71.0 cm³/mol. The number of alkyl halides is 7. The molecule has 0 aliphatic carbocycles. The van der Waals surface area contributed by atoms with E-state index in [0.717, 1.165) is 6.92 Å². The van der Waals surface area contributed by atoms with Gasteiger partial charge in [0.25, 0.3) is 0 Å². The van der Waals surface area contributed by atoms with Gasteiger partial charge in [0.1, 0.15) is 0 Å². The number of benzene rings is 1. The molecule has 0 heterocycles. The van der Waals surface area contributed by atoms with E-state index in [4.69, 9.17) is 0 Å².